The van der Waals surface area contributed by atoms with Gasteiger partial charge in [-0.1, -0.05) is 0 Å². The second-order valence-corrected chi connectivity index (χ2v) is 3.64. The number of aromatic amines is 1. The monoisotopic (exact) mass is 211 g/mol. The fourth-order valence-corrected chi connectivity index (χ4v) is 1.31. The third-order valence-corrected chi connectivity index (χ3v) is 2.38. The maximum Gasteiger partial charge on any atom is 0.320 e. The summed E-state index contributed by atoms with van der Waals surface area (Å²) >= 11 is 0. The fraction of sp³-hybridized carbons (Fsp3) is 0.600. The van der Waals surface area contributed by atoms with Gasteiger partial charge in [0.2, 0.25) is 0 Å². The summed E-state index contributed by atoms with van der Waals surface area (Å²) in [4.78, 5) is 10.5. The van der Waals surface area contributed by atoms with E-state index >= 15 is 0 Å². The van der Waals surface area contributed by atoms with Crippen molar-refractivity contribution < 1.29 is 9.90 Å². The van der Waals surface area contributed by atoms with E-state index in [2.05, 4.69) is 15.5 Å². The minimum Gasteiger partial charge on any atom is -0.480 e. The molecule has 1 heterocycles. The minimum atomic E-state index is -0.811. The molecule has 1 rings (SSSR count). The number of carboxylic acids is 1. The van der Waals surface area contributed by atoms with Gasteiger partial charge in [-0.3, -0.25) is 9.89 Å². The number of aliphatic carboxylic acids is 1. The summed E-state index contributed by atoms with van der Waals surface area (Å²) in [7, 11) is 0. The first kappa shape index (κ1) is 11.7. The fourth-order valence-electron chi connectivity index (χ4n) is 1.31. The molecule has 0 radical (unpaired) electrons. The topological polar surface area (TPSA) is 78.0 Å². The molecule has 5 nitrogen and oxygen atoms in total. The molecule has 0 saturated carbocycles. The van der Waals surface area contributed by atoms with Gasteiger partial charge in [0.1, 0.15) is 6.04 Å². The molecule has 3 N–H and O–H groups in total. The number of carboxylic acid groups (broad SMARTS) is 1. The summed E-state index contributed by atoms with van der Waals surface area (Å²) in [6.45, 7) is 4.33. The van der Waals surface area contributed by atoms with Crippen LogP contribution in [0.3, 0.4) is 0 Å². The van der Waals surface area contributed by atoms with E-state index in [0.717, 1.165) is 18.5 Å². The van der Waals surface area contributed by atoms with Gasteiger partial charge >= 0.3 is 5.97 Å². The molecule has 0 saturated heterocycles. The van der Waals surface area contributed by atoms with Crippen LogP contribution in [-0.2, 0) is 11.2 Å². The largest absolute Gasteiger partial charge is 0.480 e. The highest BCUT2D eigenvalue weighted by atomic mass is 16.4. The molecule has 5 heteroatoms. The average molecular weight is 211 g/mol. The highest BCUT2D eigenvalue weighted by molar-refractivity contribution is 5.72. The molecular formula is C10H17N3O2. The van der Waals surface area contributed by atoms with E-state index < -0.39 is 12.0 Å². The van der Waals surface area contributed by atoms with Crippen LogP contribution in [0.15, 0.2) is 6.20 Å². The van der Waals surface area contributed by atoms with E-state index in [1.807, 2.05) is 13.1 Å². The van der Waals surface area contributed by atoms with Crippen LogP contribution >= 0.6 is 0 Å². The number of nitrogens with one attached hydrogen (secondary N) is 2. The minimum absolute atomic E-state index is 0.476. The van der Waals surface area contributed by atoms with Crippen molar-refractivity contribution in [1.82, 2.24) is 15.5 Å². The number of H-pyrrole nitrogens is 1. The molecule has 1 aromatic rings. The van der Waals surface area contributed by atoms with Gasteiger partial charge in [0.05, 0.1) is 6.20 Å². The van der Waals surface area contributed by atoms with Crippen LogP contribution < -0.4 is 5.32 Å². The summed E-state index contributed by atoms with van der Waals surface area (Å²) in [6.07, 6.45) is 3.65. The van der Waals surface area contributed by atoms with Gasteiger partial charge in [-0.2, -0.15) is 5.10 Å². The van der Waals surface area contributed by atoms with Crippen LogP contribution in [-0.4, -0.2) is 33.9 Å². The molecular weight excluding hydrogens is 194 g/mol. The number of aryl methyl sites for hydroxylation is 2. The predicted molar refractivity (Wildman–Crippen MR) is 56.7 cm³/mol. The van der Waals surface area contributed by atoms with Crippen molar-refractivity contribution in [2.24, 2.45) is 0 Å². The van der Waals surface area contributed by atoms with Crippen LogP contribution in [0.4, 0.5) is 0 Å². The van der Waals surface area contributed by atoms with E-state index in [-0.39, 0.29) is 0 Å². The van der Waals surface area contributed by atoms with Gasteiger partial charge in [-0.05, 0) is 38.8 Å². The number of aromatic nitrogens is 2. The van der Waals surface area contributed by atoms with Crippen LogP contribution in [0.2, 0.25) is 0 Å². The van der Waals surface area contributed by atoms with Crippen LogP contribution in [0.25, 0.3) is 0 Å². The summed E-state index contributed by atoms with van der Waals surface area (Å²) in [5.41, 5.74) is 2.28. The Balaban J connectivity index is 2.17. The quantitative estimate of drug-likeness (QED) is 0.606. The Kier molecular flexibility index (Phi) is 4.30. The zero-order valence-electron chi connectivity index (χ0n) is 9.08. The Morgan fingerprint density at radius 3 is 3.00 bits per heavy atom. The molecule has 1 aromatic heterocycles. The smallest absolute Gasteiger partial charge is 0.320 e. The van der Waals surface area contributed by atoms with Crippen molar-refractivity contribution in [3.8, 4) is 0 Å². The molecule has 0 fully saturated rings. The lowest BCUT2D eigenvalue weighted by molar-refractivity contribution is -0.138. The molecule has 15 heavy (non-hydrogen) atoms. The summed E-state index contributed by atoms with van der Waals surface area (Å²) < 4.78 is 0. The van der Waals surface area contributed by atoms with Gasteiger partial charge in [0.15, 0.2) is 0 Å². The summed E-state index contributed by atoms with van der Waals surface area (Å²) in [6, 6.07) is -0.476. The lowest BCUT2D eigenvalue weighted by Crippen LogP contribution is -2.34. The van der Waals surface area contributed by atoms with E-state index in [0.29, 0.717) is 6.54 Å². The molecule has 0 aliphatic rings. The lowest BCUT2D eigenvalue weighted by atomic mass is 10.1. The molecule has 0 amide bonds. The van der Waals surface area contributed by atoms with Crippen molar-refractivity contribution in [2.75, 3.05) is 6.54 Å². The SMILES string of the molecule is Cc1[nH]ncc1CCCNC(C)C(=O)O. The van der Waals surface area contributed by atoms with E-state index in [4.69, 9.17) is 5.11 Å². The van der Waals surface area contributed by atoms with E-state index in [1.165, 1.54) is 5.56 Å². The summed E-state index contributed by atoms with van der Waals surface area (Å²) in [5.74, 6) is -0.811. The molecule has 0 bridgehead atoms. The lowest BCUT2D eigenvalue weighted by Gasteiger charge is -2.08. The summed E-state index contributed by atoms with van der Waals surface area (Å²) in [5, 5.41) is 18.4. The highest BCUT2D eigenvalue weighted by Crippen LogP contribution is 2.04. The average Bonchev–Trinajstić information content (AvgIpc) is 2.58. The number of rotatable bonds is 6. The van der Waals surface area contributed by atoms with Crippen molar-refractivity contribution in [2.45, 2.75) is 32.7 Å². The van der Waals surface area contributed by atoms with Crippen LogP contribution in [0, 0.1) is 6.92 Å². The Bertz CT molecular complexity index is 322. The highest BCUT2D eigenvalue weighted by Gasteiger charge is 2.08. The van der Waals surface area contributed by atoms with Gasteiger partial charge in [-0.25, -0.2) is 0 Å². The number of carbonyl (C=O) groups is 1. The number of hydrogen-bond donors (Lipinski definition) is 3. The molecule has 0 aliphatic carbocycles. The van der Waals surface area contributed by atoms with Gasteiger partial charge < -0.3 is 10.4 Å². The third-order valence-electron chi connectivity index (χ3n) is 2.38. The molecule has 0 spiro atoms. The number of hydrogen-bond acceptors (Lipinski definition) is 3. The molecule has 0 aromatic carbocycles. The van der Waals surface area contributed by atoms with Crippen molar-refractivity contribution in [3.63, 3.8) is 0 Å². The Morgan fingerprint density at radius 1 is 1.73 bits per heavy atom. The standard InChI is InChI=1S/C10H17N3O2/c1-7-9(6-12-13-7)4-3-5-11-8(2)10(14)15/h6,8,11H,3-5H2,1-2H3,(H,12,13)(H,14,15). The zero-order valence-corrected chi connectivity index (χ0v) is 9.08. The van der Waals surface area contributed by atoms with Crippen LogP contribution in [0.5, 0.6) is 0 Å². The molecule has 0 aliphatic heterocycles. The van der Waals surface area contributed by atoms with Gasteiger partial charge in [0, 0.05) is 5.69 Å². The first-order valence-corrected chi connectivity index (χ1v) is 5.06. The Labute approximate surface area is 88.9 Å². The van der Waals surface area contributed by atoms with Gasteiger partial charge in [0.25, 0.3) is 0 Å². The van der Waals surface area contributed by atoms with Crippen molar-refractivity contribution in [3.05, 3.63) is 17.5 Å². The normalized spacial score (nSPS) is 12.7. The van der Waals surface area contributed by atoms with E-state index in [9.17, 15) is 4.79 Å². The molecule has 1 unspecified atom stereocenters. The first-order chi connectivity index (χ1) is 7.11. The predicted octanol–water partition coefficient (Wildman–Crippen LogP) is 0.713. The van der Waals surface area contributed by atoms with Crippen molar-refractivity contribution >= 4 is 5.97 Å². The van der Waals surface area contributed by atoms with E-state index in [1.54, 1.807) is 6.92 Å². The molecule has 1 atom stereocenters. The van der Waals surface area contributed by atoms with Crippen molar-refractivity contribution in [1.29, 1.82) is 0 Å². The first-order valence-electron chi connectivity index (χ1n) is 5.06. The maximum atomic E-state index is 10.5. The molecule has 84 valence electrons. The Morgan fingerprint density at radius 2 is 2.47 bits per heavy atom. The van der Waals surface area contributed by atoms with Crippen LogP contribution in [0.1, 0.15) is 24.6 Å². The second kappa shape index (κ2) is 5.50. The maximum absolute atomic E-state index is 10.5. The second-order valence-electron chi connectivity index (χ2n) is 3.64. The number of nitrogens with zero attached hydrogens (tertiary/aromatic N) is 1. The third kappa shape index (κ3) is 3.71. The Hall–Kier alpha value is -1.36. The zero-order chi connectivity index (χ0) is 11.3. The van der Waals surface area contributed by atoms with Gasteiger partial charge in [-0.15, -0.1) is 0 Å².